The molecule has 3 N–H and O–H groups in total. The van der Waals surface area contributed by atoms with E-state index in [1.165, 1.54) is 6.20 Å². The van der Waals surface area contributed by atoms with E-state index in [0.29, 0.717) is 16.4 Å². The van der Waals surface area contributed by atoms with Crippen LogP contribution in [0.4, 0.5) is 0 Å². The molecular weight excluding hydrogens is 220 g/mol. The molecule has 2 aromatic heterocycles. The van der Waals surface area contributed by atoms with Gasteiger partial charge in [0, 0.05) is 18.5 Å². The fourth-order valence-corrected chi connectivity index (χ4v) is 1.91. The van der Waals surface area contributed by atoms with Crippen molar-refractivity contribution in [2.75, 3.05) is 0 Å². The van der Waals surface area contributed by atoms with Gasteiger partial charge in [-0.05, 0) is 12.1 Å². The van der Waals surface area contributed by atoms with E-state index in [2.05, 4.69) is 9.97 Å². The summed E-state index contributed by atoms with van der Waals surface area (Å²) in [6.07, 6.45) is 3.06. The monoisotopic (exact) mass is 228 g/mol. The van der Waals surface area contributed by atoms with Crippen LogP contribution in [0.25, 0.3) is 21.8 Å². The molecule has 0 aliphatic rings. The number of pyridine rings is 2. The zero-order chi connectivity index (χ0) is 12.0. The van der Waals surface area contributed by atoms with Crippen molar-refractivity contribution in [2.45, 2.75) is 0 Å². The van der Waals surface area contributed by atoms with Gasteiger partial charge in [0.05, 0.1) is 21.8 Å². The summed E-state index contributed by atoms with van der Waals surface area (Å²) < 4.78 is 0. The summed E-state index contributed by atoms with van der Waals surface area (Å²) in [6.45, 7) is 0. The number of aromatic amines is 1. The number of aromatic hydroxyl groups is 2. The maximum absolute atomic E-state index is 11.3. The molecule has 1 aromatic carbocycles. The smallest absolute Gasteiger partial charge is 0.224 e. The molecular formula is C12H8N2O3. The van der Waals surface area contributed by atoms with E-state index in [4.69, 9.17) is 0 Å². The predicted octanol–water partition coefficient (Wildman–Crippen LogP) is 1.49. The van der Waals surface area contributed by atoms with Crippen molar-refractivity contribution in [1.29, 1.82) is 0 Å². The van der Waals surface area contributed by atoms with Gasteiger partial charge in [-0.1, -0.05) is 0 Å². The lowest BCUT2D eigenvalue weighted by molar-refractivity contribution is 0.465. The lowest BCUT2D eigenvalue weighted by atomic mass is 10.1. The first-order valence-electron chi connectivity index (χ1n) is 4.99. The lowest BCUT2D eigenvalue weighted by Crippen LogP contribution is -1.99. The van der Waals surface area contributed by atoms with Crippen molar-refractivity contribution in [3.63, 3.8) is 0 Å². The Morgan fingerprint density at radius 3 is 2.94 bits per heavy atom. The first kappa shape index (κ1) is 9.65. The summed E-state index contributed by atoms with van der Waals surface area (Å²) in [6, 6.07) is 4.55. The summed E-state index contributed by atoms with van der Waals surface area (Å²) in [4.78, 5) is 18.4. The van der Waals surface area contributed by atoms with E-state index in [1.807, 2.05) is 0 Å². The van der Waals surface area contributed by atoms with Crippen LogP contribution in [-0.2, 0) is 0 Å². The van der Waals surface area contributed by atoms with Gasteiger partial charge in [-0.2, -0.15) is 0 Å². The fourth-order valence-electron chi connectivity index (χ4n) is 1.91. The largest absolute Gasteiger partial charge is 0.507 e. The molecule has 0 atom stereocenters. The van der Waals surface area contributed by atoms with Crippen LogP contribution in [0.15, 0.2) is 35.4 Å². The number of benzene rings is 1. The van der Waals surface area contributed by atoms with Crippen LogP contribution in [0.5, 0.6) is 11.5 Å². The first-order valence-corrected chi connectivity index (χ1v) is 4.99. The third-order valence-electron chi connectivity index (χ3n) is 2.70. The van der Waals surface area contributed by atoms with Gasteiger partial charge in [0.2, 0.25) is 5.43 Å². The fraction of sp³-hybridized carbons (Fsp3) is 0. The molecule has 0 aliphatic carbocycles. The van der Waals surface area contributed by atoms with Crippen molar-refractivity contribution in [1.82, 2.24) is 9.97 Å². The van der Waals surface area contributed by atoms with Crippen molar-refractivity contribution in [3.8, 4) is 11.5 Å². The van der Waals surface area contributed by atoms with E-state index < -0.39 is 11.2 Å². The second kappa shape index (κ2) is 3.21. The quantitative estimate of drug-likeness (QED) is 0.402. The molecule has 0 bridgehead atoms. The highest BCUT2D eigenvalue weighted by Crippen LogP contribution is 2.32. The Balaban J connectivity index is 2.68. The second-order valence-electron chi connectivity index (χ2n) is 3.72. The van der Waals surface area contributed by atoms with E-state index in [0.717, 1.165) is 6.07 Å². The summed E-state index contributed by atoms with van der Waals surface area (Å²) in [5.74, 6) is -0.567. The number of phenols is 2. The second-order valence-corrected chi connectivity index (χ2v) is 3.72. The molecule has 5 nitrogen and oxygen atoms in total. The summed E-state index contributed by atoms with van der Waals surface area (Å²) in [5, 5.41) is 20.1. The molecule has 0 saturated heterocycles. The number of nitrogens with one attached hydrogen (secondary N) is 1. The van der Waals surface area contributed by atoms with Crippen molar-refractivity contribution in [2.24, 2.45) is 0 Å². The predicted molar refractivity (Wildman–Crippen MR) is 63.2 cm³/mol. The molecule has 0 spiro atoms. The Kier molecular flexibility index (Phi) is 1.82. The van der Waals surface area contributed by atoms with Gasteiger partial charge in [0.15, 0.2) is 5.75 Å². The highest BCUT2D eigenvalue weighted by molar-refractivity contribution is 6.08. The molecule has 5 heteroatoms. The number of nitrogens with zero attached hydrogens (tertiary/aromatic N) is 1. The van der Waals surface area contributed by atoms with E-state index in [1.54, 1.807) is 18.3 Å². The molecule has 0 saturated carbocycles. The number of hydrogen-bond acceptors (Lipinski definition) is 4. The number of hydrogen-bond donors (Lipinski definition) is 3. The number of fused-ring (bicyclic) bond motifs is 3. The van der Waals surface area contributed by atoms with Gasteiger partial charge in [0.25, 0.3) is 0 Å². The molecule has 0 radical (unpaired) electrons. The Morgan fingerprint density at radius 2 is 2.12 bits per heavy atom. The normalized spacial score (nSPS) is 11.1. The topological polar surface area (TPSA) is 86.2 Å². The van der Waals surface area contributed by atoms with Crippen LogP contribution in [0, 0.1) is 0 Å². The molecule has 2 heterocycles. The Hall–Kier alpha value is -2.56. The summed E-state index contributed by atoms with van der Waals surface area (Å²) in [7, 11) is 0. The maximum atomic E-state index is 11.3. The Bertz CT molecular complexity index is 793. The van der Waals surface area contributed by atoms with Crippen LogP contribution in [0.1, 0.15) is 0 Å². The zero-order valence-corrected chi connectivity index (χ0v) is 8.64. The van der Waals surface area contributed by atoms with Crippen molar-refractivity contribution >= 4 is 21.8 Å². The van der Waals surface area contributed by atoms with Gasteiger partial charge in [-0.3, -0.25) is 9.78 Å². The number of H-pyrrole nitrogens is 1. The molecule has 0 amide bonds. The third kappa shape index (κ3) is 1.25. The third-order valence-corrected chi connectivity index (χ3v) is 2.70. The van der Waals surface area contributed by atoms with Gasteiger partial charge < -0.3 is 15.2 Å². The Labute approximate surface area is 95.0 Å². The van der Waals surface area contributed by atoms with E-state index >= 15 is 0 Å². The molecule has 17 heavy (non-hydrogen) atoms. The minimum Gasteiger partial charge on any atom is -0.507 e. The van der Waals surface area contributed by atoms with Crippen LogP contribution >= 0.6 is 0 Å². The molecule has 0 unspecified atom stereocenters. The van der Waals surface area contributed by atoms with Gasteiger partial charge in [-0.15, -0.1) is 0 Å². The molecule has 3 aromatic rings. The summed E-state index contributed by atoms with van der Waals surface area (Å²) >= 11 is 0. The number of aromatic nitrogens is 2. The van der Waals surface area contributed by atoms with Crippen LogP contribution in [0.3, 0.4) is 0 Å². The number of rotatable bonds is 0. The zero-order valence-electron chi connectivity index (χ0n) is 8.64. The maximum Gasteiger partial charge on any atom is 0.224 e. The van der Waals surface area contributed by atoms with Crippen molar-refractivity contribution < 1.29 is 10.2 Å². The minimum absolute atomic E-state index is 0.169. The average molecular weight is 228 g/mol. The van der Waals surface area contributed by atoms with Crippen LogP contribution in [-0.4, -0.2) is 20.2 Å². The molecule has 3 rings (SSSR count). The first-order chi connectivity index (χ1) is 8.18. The van der Waals surface area contributed by atoms with Crippen molar-refractivity contribution in [3.05, 3.63) is 40.8 Å². The Morgan fingerprint density at radius 1 is 1.29 bits per heavy atom. The molecule has 0 aliphatic heterocycles. The highest BCUT2D eigenvalue weighted by atomic mass is 16.3. The van der Waals surface area contributed by atoms with Crippen LogP contribution in [0.2, 0.25) is 0 Å². The summed E-state index contributed by atoms with van der Waals surface area (Å²) in [5.41, 5.74) is 0.609. The van der Waals surface area contributed by atoms with E-state index in [9.17, 15) is 15.0 Å². The molecule has 0 fully saturated rings. The SMILES string of the molecule is O=c1cc(O)c2c(cnc3ccc[nH]c32)c1O. The van der Waals surface area contributed by atoms with Crippen LogP contribution < -0.4 is 5.43 Å². The average Bonchev–Trinajstić information content (AvgIpc) is 2.35. The van der Waals surface area contributed by atoms with Gasteiger partial charge in [0.1, 0.15) is 5.75 Å². The lowest BCUT2D eigenvalue weighted by Gasteiger charge is -2.05. The molecule has 84 valence electrons. The minimum atomic E-state index is -0.618. The van der Waals surface area contributed by atoms with E-state index in [-0.39, 0.29) is 11.1 Å². The highest BCUT2D eigenvalue weighted by Gasteiger charge is 2.12. The standard InChI is InChI=1S/C12H8N2O3/c15-8-4-9(16)12(17)6-5-14-7-2-1-3-13-11(7)10(6)8/h1-5,13,15,17H. The van der Waals surface area contributed by atoms with Gasteiger partial charge in [-0.25, -0.2) is 0 Å². The van der Waals surface area contributed by atoms with Gasteiger partial charge >= 0.3 is 0 Å². The number of phenolic OH excluding ortho intramolecular Hbond substituents is 2.